The van der Waals surface area contributed by atoms with Crippen LogP contribution in [-0.2, 0) is 10.0 Å². The molecule has 1 aromatic carbocycles. The summed E-state index contributed by atoms with van der Waals surface area (Å²) in [7, 11) is -4.14. The van der Waals surface area contributed by atoms with Crippen molar-refractivity contribution in [3.05, 3.63) is 29.8 Å². The number of alkyl halides is 1. The number of nitrogens with zero attached hydrogens (tertiary/aromatic N) is 1. The van der Waals surface area contributed by atoms with Gasteiger partial charge in [-0.1, -0.05) is 13.8 Å². The van der Waals surface area contributed by atoms with Gasteiger partial charge < -0.3 is 0 Å². The fraction of sp³-hybridized carbons (Fsp3) is 0.571. The fourth-order valence-electron chi connectivity index (χ4n) is 2.69. The zero-order valence-corrected chi connectivity index (χ0v) is 12.7. The van der Waals surface area contributed by atoms with E-state index in [9.17, 15) is 21.6 Å². The third kappa shape index (κ3) is 3.23. The van der Waals surface area contributed by atoms with Gasteiger partial charge in [-0.25, -0.2) is 21.6 Å². The molecule has 1 aromatic rings. The van der Waals surface area contributed by atoms with Crippen LogP contribution in [0.3, 0.4) is 0 Å². The van der Waals surface area contributed by atoms with Crippen LogP contribution in [0.4, 0.5) is 13.2 Å². The SMILES string of the molecule is CC(C)[C@H]1CCN(S(=O)(=O)c2ccc(F)cc2F)C[C@H]1F. The van der Waals surface area contributed by atoms with Crippen LogP contribution < -0.4 is 0 Å². The highest BCUT2D eigenvalue weighted by molar-refractivity contribution is 7.89. The lowest BCUT2D eigenvalue weighted by atomic mass is 9.86. The Kier molecular flexibility index (Phi) is 4.63. The van der Waals surface area contributed by atoms with Gasteiger partial charge in [-0.2, -0.15) is 4.31 Å². The number of hydrogen-bond donors (Lipinski definition) is 0. The second kappa shape index (κ2) is 5.96. The molecule has 21 heavy (non-hydrogen) atoms. The van der Waals surface area contributed by atoms with Gasteiger partial charge in [0.1, 0.15) is 22.7 Å². The lowest BCUT2D eigenvalue weighted by Gasteiger charge is -2.35. The van der Waals surface area contributed by atoms with Gasteiger partial charge in [-0.15, -0.1) is 0 Å². The molecule has 1 fully saturated rings. The average Bonchev–Trinajstić information content (AvgIpc) is 2.37. The first-order valence-corrected chi connectivity index (χ1v) is 8.26. The Balaban J connectivity index is 2.25. The molecule has 0 saturated carbocycles. The van der Waals surface area contributed by atoms with Crippen molar-refractivity contribution >= 4 is 10.0 Å². The molecule has 0 aromatic heterocycles. The molecule has 0 unspecified atom stereocenters. The molecule has 0 spiro atoms. The Morgan fingerprint density at radius 3 is 2.48 bits per heavy atom. The lowest BCUT2D eigenvalue weighted by molar-refractivity contribution is 0.101. The van der Waals surface area contributed by atoms with E-state index in [0.29, 0.717) is 12.5 Å². The third-order valence-electron chi connectivity index (χ3n) is 3.92. The van der Waals surface area contributed by atoms with Gasteiger partial charge in [-0.05, 0) is 30.4 Å². The Labute approximate surface area is 122 Å². The minimum atomic E-state index is -4.14. The van der Waals surface area contributed by atoms with Crippen LogP contribution in [0.1, 0.15) is 20.3 Å². The average molecular weight is 321 g/mol. The zero-order chi connectivity index (χ0) is 15.8. The smallest absolute Gasteiger partial charge is 0.246 e. The second-order valence-electron chi connectivity index (χ2n) is 5.65. The van der Waals surface area contributed by atoms with Crippen molar-refractivity contribution in [1.82, 2.24) is 4.31 Å². The number of piperidine rings is 1. The van der Waals surface area contributed by atoms with E-state index in [2.05, 4.69) is 0 Å². The van der Waals surface area contributed by atoms with E-state index in [0.717, 1.165) is 16.4 Å². The first-order valence-electron chi connectivity index (χ1n) is 6.82. The monoisotopic (exact) mass is 321 g/mol. The first-order chi connectivity index (χ1) is 9.73. The van der Waals surface area contributed by atoms with Gasteiger partial charge in [0.25, 0.3) is 0 Å². The number of hydrogen-bond acceptors (Lipinski definition) is 2. The number of sulfonamides is 1. The van der Waals surface area contributed by atoms with Crippen LogP contribution in [0.25, 0.3) is 0 Å². The molecule has 1 heterocycles. The normalized spacial score (nSPS) is 24.5. The predicted octanol–water partition coefficient (Wildman–Crippen LogP) is 2.97. The first kappa shape index (κ1) is 16.3. The molecule has 118 valence electrons. The van der Waals surface area contributed by atoms with Crippen molar-refractivity contribution < 1.29 is 21.6 Å². The summed E-state index contributed by atoms with van der Waals surface area (Å²) in [6.07, 6.45) is -0.891. The molecule has 2 rings (SSSR count). The second-order valence-corrected chi connectivity index (χ2v) is 7.56. The van der Waals surface area contributed by atoms with Crippen molar-refractivity contribution in [2.45, 2.75) is 31.3 Å². The molecule has 7 heteroatoms. The van der Waals surface area contributed by atoms with Crippen LogP contribution in [0.5, 0.6) is 0 Å². The summed E-state index contributed by atoms with van der Waals surface area (Å²) in [6.45, 7) is 3.63. The van der Waals surface area contributed by atoms with E-state index in [1.165, 1.54) is 0 Å². The largest absolute Gasteiger partial charge is 0.246 e. The summed E-state index contributed by atoms with van der Waals surface area (Å²) in [6, 6.07) is 2.27. The van der Waals surface area contributed by atoms with E-state index in [1.807, 2.05) is 13.8 Å². The maximum atomic E-state index is 14.1. The minimum Gasteiger partial charge on any atom is -0.246 e. The molecule has 1 aliphatic heterocycles. The molecule has 0 bridgehead atoms. The fourth-order valence-corrected chi connectivity index (χ4v) is 4.20. The van der Waals surface area contributed by atoms with E-state index >= 15 is 0 Å². The molecule has 0 radical (unpaired) electrons. The molecular weight excluding hydrogens is 303 g/mol. The summed E-state index contributed by atoms with van der Waals surface area (Å²) in [5.41, 5.74) is 0. The molecule has 0 amide bonds. The van der Waals surface area contributed by atoms with Crippen molar-refractivity contribution in [2.75, 3.05) is 13.1 Å². The predicted molar refractivity (Wildman–Crippen MR) is 73.0 cm³/mol. The number of benzene rings is 1. The van der Waals surface area contributed by atoms with Crippen molar-refractivity contribution in [2.24, 2.45) is 11.8 Å². The van der Waals surface area contributed by atoms with Crippen molar-refractivity contribution in [1.29, 1.82) is 0 Å². The Bertz CT molecular complexity index is 619. The Hall–Kier alpha value is -1.08. The standard InChI is InChI=1S/C14H18F3NO2S/c1-9(2)11-5-6-18(8-13(11)17)21(19,20)14-4-3-10(15)7-12(14)16/h3-4,7,9,11,13H,5-6,8H2,1-2H3/t11-,13-/m1/s1. The number of halogens is 3. The van der Waals surface area contributed by atoms with Gasteiger partial charge in [0, 0.05) is 19.2 Å². The Morgan fingerprint density at radius 2 is 1.95 bits per heavy atom. The van der Waals surface area contributed by atoms with Gasteiger partial charge in [-0.3, -0.25) is 0 Å². The molecule has 1 saturated heterocycles. The highest BCUT2D eigenvalue weighted by atomic mass is 32.2. The van der Waals surface area contributed by atoms with Gasteiger partial charge >= 0.3 is 0 Å². The topological polar surface area (TPSA) is 37.4 Å². The highest BCUT2D eigenvalue weighted by Gasteiger charge is 2.37. The van der Waals surface area contributed by atoms with E-state index < -0.39 is 32.7 Å². The maximum Gasteiger partial charge on any atom is 0.246 e. The van der Waals surface area contributed by atoms with E-state index in [1.54, 1.807) is 0 Å². The van der Waals surface area contributed by atoms with Crippen LogP contribution in [0.2, 0.25) is 0 Å². The number of rotatable bonds is 3. The highest BCUT2D eigenvalue weighted by Crippen LogP contribution is 2.31. The van der Waals surface area contributed by atoms with Crippen molar-refractivity contribution in [3.8, 4) is 0 Å². The summed E-state index contributed by atoms with van der Waals surface area (Å²) in [5, 5.41) is 0. The molecule has 2 atom stereocenters. The maximum absolute atomic E-state index is 14.1. The minimum absolute atomic E-state index is 0.118. The zero-order valence-electron chi connectivity index (χ0n) is 11.9. The molecule has 0 N–H and O–H groups in total. The van der Waals surface area contributed by atoms with Crippen LogP contribution in [-0.4, -0.2) is 32.0 Å². The summed E-state index contributed by atoms with van der Waals surface area (Å²) >= 11 is 0. The van der Waals surface area contributed by atoms with Crippen LogP contribution in [0.15, 0.2) is 23.1 Å². The van der Waals surface area contributed by atoms with E-state index in [4.69, 9.17) is 0 Å². The summed E-state index contributed by atoms with van der Waals surface area (Å²) in [5.74, 6) is -2.09. The Morgan fingerprint density at radius 1 is 1.29 bits per heavy atom. The molecule has 0 aliphatic carbocycles. The summed E-state index contributed by atoms with van der Waals surface area (Å²) in [4.78, 5) is -0.612. The molecule has 3 nitrogen and oxygen atoms in total. The lowest BCUT2D eigenvalue weighted by Crippen LogP contribution is -2.46. The quantitative estimate of drug-likeness (QED) is 0.858. The van der Waals surface area contributed by atoms with Crippen LogP contribution >= 0.6 is 0 Å². The van der Waals surface area contributed by atoms with Crippen LogP contribution in [0, 0.1) is 23.5 Å². The van der Waals surface area contributed by atoms with Gasteiger partial charge in [0.15, 0.2) is 0 Å². The molecular formula is C14H18F3NO2S. The van der Waals surface area contributed by atoms with Crippen molar-refractivity contribution in [3.63, 3.8) is 0 Å². The van der Waals surface area contributed by atoms with Gasteiger partial charge in [0.05, 0.1) is 0 Å². The van der Waals surface area contributed by atoms with E-state index in [-0.39, 0.29) is 24.9 Å². The third-order valence-corrected chi connectivity index (χ3v) is 5.82. The van der Waals surface area contributed by atoms with Gasteiger partial charge in [0.2, 0.25) is 10.0 Å². The summed E-state index contributed by atoms with van der Waals surface area (Å²) < 4.78 is 66.2. The molecule has 1 aliphatic rings.